The number of amides is 1. The molecular formula is C13H22N2O2. The molecule has 0 bridgehead atoms. The lowest BCUT2D eigenvalue weighted by molar-refractivity contribution is -0.127. The van der Waals surface area contributed by atoms with Gasteiger partial charge in [0.25, 0.3) is 0 Å². The zero-order valence-corrected chi connectivity index (χ0v) is 10.6. The van der Waals surface area contributed by atoms with Gasteiger partial charge in [0.15, 0.2) is 0 Å². The molecule has 4 nitrogen and oxygen atoms in total. The van der Waals surface area contributed by atoms with Crippen LogP contribution in [0.4, 0.5) is 0 Å². The number of ketones is 1. The molecule has 1 aliphatic carbocycles. The summed E-state index contributed by atoms with van der Waals surface area (Å²) in [6.07, 6.45) is 6.38. The summed E-state index contributed by atoms with van der Waals surface area (Å²) in [5.74, 6) is -0.177. The van der Waals surface area contributed by atoms with E-state index in [9.17, 15) is 9.59 Å². The van der Waals surface area contributed by atoms with Gasteiger partial charge in [-0.3, -0.25) is 14.5 Å². The Balaban J connectivity index is 1.73. The number of nitrogens with zero attached hydrogens (tertiary/aromatic N) is 1. The van der Waals surface area contributed by atoms with E-state index in [1.807, 2.05) is 0 Å². The summed E-state index contributed by atoms with van der Waals surface area (Å²) >= 11 is 0. The Morgan fingerprint density at radius 1 is 1.24 bits per heavy atom. The lowest BCUT2D eigenvalue weighted by Gasteiger charge is -2.23. The normalized spacial score (nSPS) is 26.3. The first kappa shape index (κ1) is 12.6. The summed E-state index contributed by atoms with van der Waals surface area (Å²) in [5.41, 5.74) is 0. The summed E-state index contributed by atoms with van der Waals surface area (Å²) in [4.78, 5) is 24.8. The third-order valence-electron chi connectivity index (χ3n) is 3.84. The fraction of sp³-hybridized carbons (Fsp3) is 0.846. The van der Waals surface area contributed by atoms with Crippen LogP contribution in [0.2, 0.25) is 0 Å². The second-order valence-electron chi connectivity index (χ2n) is 5.37. The fourth-order valence-electron chi connectivity index (χ4n) is 3.01. The Bertz CT molecular complexity index is 298. The summed E-state index contributed by atoms with van der Waals surface area (Å²) in [7, 11) is 0. The summed E-state index contributed by atoms with van der Waals surface area (Å²) in [6, 6.07) is 0.993. The maximum absolute atomic E-state index is 11.5. The minimum absolute atomic E-state index is 0.0277. The van der Waals surface area contributed by atoms with Crippen molar-refractivity contribution in [3.05, 3.63) is 0 Å². The van der Waals surface area contributed by atoms with Gasteiger partial charge >= 0.3 is 0 Å². The standard InChI is InChI=1S/C13H22N2O2/c1-10(16)8-13(17)14-11-6-7-15(9-11)12-4-2-3-5-12/h11-12H,2-9H2,1H3,(H,14,17). The van der Waals surface area contributed by atoms with Crippen molar-refractivity contribution >= 4 is 11.7 Å². The SMILES string of the molecule is CC(=O)CC(=O)NC1CCN(C2CCCC2)C1. The summed E-state index contributed by atoms with van der Waals surface area (Å²) in [6.45, 7) is 3.52. The van der Waals surface area contributed by atoms with Crippen LogP contribution in [0.3, 0.4) is 0 Å². The Labute approximate surface area is 103 Å². The fourth-order valence-corrected chi connectivity index (χ4v) is 3.01. The van der Waals surface area contributed by atoms with Gasteiger partial charge in [-0.05, 0) is 26.2 Å². The molecule has 96 valence electrons. The van der Waals surface area contributed by atoms with Crippen molar-refractivity contribution in [1.29, 1.82) is 0 Å². The van der Waals surface area contributed by atoms with E-state index in [4.69, 9.17) is 0 Å². The molecule has 1 saturated carbocycles. The van der Waals surface area contributed by atoms with Crippen molar-refractivity contribution in [2.45, 2.75) is 57.5 Å². The van der Waals surface area contributed by atoms with Crippen molar-refractivity contribution in [3.63, 3.8) is 0 Å². The van der Waals surface area contributed by atoms with Crippen molar-refractivity contribution < 1.29 is 9.59 Å². The predicted octanol–water partition coefficient (Wildman–Crippen LogP) is 1.10. The highest BCUT2D eigenvalue weighted by Gasteiger charge is 2.30. The molecule has 17 heavy (non-hydrogen) atoms. The molecular weight excluding hydrogens is 216 g/mol. The molecule has 0 spiro atoms. The molecule has 0 aromatic carbocycles. The molecule has 1 unspecified atom stereocenters. The molecule has 1 N–H and O–H groups in total. The first-order valence-electron chi connectivity index (χ1n) is 6.68. The third kappa shape index (κ3) is 3.53. The van der Waals surface area contributed by atoms with E-state index in [-0.39, 0.29) is 24.2 Å². The summed E-state index contributed by atoms with van der Waals surface area (Å²) in [5, 5.41) is 2.96. The highest BCUT2D eigenvalue weighted by molar-refractivity contribution is 5.96. The minimum Gasteiger partial charge on any atom is -0.352 e. The van der Waals surface area contributed by atoms with Gasteiger partial charge in [0.2, 0.25) is 5.91 Å². The molecule has 1 aliphatic heterocycles. The van der Waals surface area contributed by atoms with Crippen LogP contribution >= 0.6 is 0 Å². The second kappa shape index (κ2) is 5.63. The minimum atomic E-state index is -0.115. The second-order valence-corrected chi connectivity index (χ2v) is 5.37. The number of rotatable bonds is 4. The number of nitrogens with one attached hydrogen (secondary N) is 1. The van der Waals surface area contributed by atoms with Gasteiger partial charge in [0, 0.05) is 25.2 Å². The molecule has 1 saturated heterocycles. The number of hydrogen-bond acceptors (Lipinski definition) is 3. The largest absolute Gasteiger partial charge is 0.352 e. The molecule has 0 radical (unpaired) electrons. The van der Waals surface area contributed by atoms with Crippen molar-refractivity contribution in [3.8, 4) is 0 Å². The van der Waals surface area contributed by atoms with E-state index in [1.54, 1.807) is 0 Å². The maximum Gasteiger partial charge on any atom is 0.227 e. The van der Waals surface area contributed by atoms with Gasteiger partial charge in [0.1, 0.15) is 5.78 Å². The Morgan fingerprint density at radius 3 is 2.59 bits per heavy atom. The molecule has 2 fully saturated rings. The Kier molecular flexibility index (Phi) is 4.15. The monoisotopic (exact) mass is 238 g/mol. The quantitative estimate of drug-likeness (QED) is 0.746. The average Bonchev–Trinajstić information content (AvgIpc) is 2.84. The average molecular weight is 238 g/mol. The summed E-state index contributed by atoms with van der Waals surface area (Å²) < 4.78 is 0. The molecule has 0 aromatic heterocycles. The van der Waals surface area contributed by atoms with Crippen LogP contribution in [-0.4, -0.2) is 41.8 Å². The molecule has 1 heterocycles. The van der Waals surface area contributed by atoms with Crippen LogP contribution in [0.5, 0.6) is 0 Å². The van der Waals surface area contributed by atoms with Gasteiger partial charge in [0.05, 0.1) is 6.42 Å². The smallest absolute Gasteiger partial charge is 0.227 e. The first-order valence-corrected chi connectivity index (χ1v) is 6.68. The van der Waals surface area contributed by atoms with E-state index < -0.39 is 0 Å². The highest BCUT2D eigenvalue weighted by Crippen LogP contribution is 2.26. The maximum atomic E-state index is 11.5. The van der Waals surface area contributed by atoms with Crippen LogP contribution < -0.4 is 5.32 Å². The van der Waals surface area contributed by atoms with Crippen LogP contribution in [0.1, 0.15) is 45.4 Å². The van der Waals surface area contributed by atoms with Crippen LogP contribution in [0.15, 0.2) is 0 Å². The van der Waals surface area contributed by atoms with Gasteiger partial charge in [-0.1, -0.05) is 12.8 Å². The molecule has 2 rings (SSSR count). The van der Waals surface area contributed by atoms with Crippen LogP contribution in [0.25, 0.3) is 0 Å². The van der Waals surface area contributed by atoms with E-state index in [1.165, 1.54) is 32.6 Å². The Morgan fingerprint density at radius 2 is 1.94 bits per heavy atom. The van der Waals surface area contributed by atoms with Crippen LogP contribution in [-0.2, 0) is 9.59 Å². The van der Waals surface area contributed by atoms with Gasteiger partial charge in [-0.2, -0.15) is 0 Å². The van der Waals surface area contributed by atoms with E-state index in [0.29, 0.717) is 0 Å². The van der Waals surface area contributed by atoms with Gasteiger partial charge < -0.3 is 5.32 Å². The molecule has 1 amide bonds. The van der Waals surface area contributed by atoms with E-state index >= 15 is 0 Å². The predicted molar refractivity (Wildman–Crippen MR) is 65.7 cm³/mol. The number of carbonyl (C=O) groups excluding carboxylic acids is 2. The molecule has 2 aliphatic rings. The van der Waals surface area contributed by atoms with Gasteiger partial charge in [-0.25, -0.2) is 0 Å². The van der Waals surface area contributed by atoms with Crippen molar-refractivity contribution in [1.82, 2.24) is 10.2 Å². The zero-order chi connectivity index (χ0) is 12.3. The van der Waals surface area contributed by atoms with E-state index in [2.05, 4.69) is 10.2 Å². The van der Waals surface area contributed by atoms with E-state index in [0.717, 1.165) is 25.6 Å². The lowest BCUT2D eigenvalue weighted by Crippen LogP contribution is -2.39. The number of likely N-dealkylation sites (tertiary alicyclic amines) is 1. The van der Waals surface area contributed by atoms with Crippen molar-refractivity contribution in [2.75, 3.05) is 13.1 Å². The van der Waals surface area contributed by atoms with Gasteiger partial charge in [-0.15, -0.1) is 0 Å². The molecule has 4 heteroatoms. The number of carbonyl (C=O) groups is 2. The number of hydrogen-bond donors (Lipinski definition) is 1. The molecule has 1 atom stereocenters. The van der Waals surface area contributed by atoms with Crippen LogP contribution in [0, 0.1) is 0 Å². The topological polar surface area (TPSA) is 49.4 Å². The Hall–Kier alpha value is -0.900. The van der Waals surface area contributed by atoms with Crippen molar-refractivity contribution in [2.24, 2.45) is 0 Å². The third-order valence-corrected chi connectivity index (χ3v) is 3.84. The highest BCUT2D eigenvalue weighted by atomic mass is 16.2. The zero-order valence-electron chi connectivity index (χ0n) is 10.6. The number of Topliss-reactive ketones (excluding diaryl/α,β-unsaturated/α-hetero) is 1. The lowest BCUT2D eigenvalue weighted by atomic mass is 10.2. The first-order chi connectivity index (χ1) is 8.15. The molecule has 0 aromatic rings.